The van der Waals surface area contributed by atoms with Gasteiger partial charge in [0.1, 0.15) is 5.82 Å². The molecule has 1 nitrogen and oxygen atoms in total. The lowest BCUT2D eigenvalue weighted by molar-refractivity contribution is -0.140. The van der Waals surface area contributed by atoms with Crippen LogP contribution < -0.4 is 0 Å². The third-order valence-electron chi connectivity index (χ3n) is 2.44. The third kappa shape index (κ3) is 4.09. The number of benzene rings is 1. The highest BCUT2D eigenvalue weighted by Gasteiger charge is 2.35. The first-order chi connectivity index (χ1) is 8.94. The van der Waals surface area contributed by atoms with E-state index >= 15 is 0 Å². The molecule has 7 heteroatoms. The first-order valence-corrected chi connectivity index (χ1v) is 7.88. The van der Waals surface area contributed by atoms with Crippen molar-refractivity contribution in [1.29, 1.82) is 0 Å². The maximum atomic E-state index is 13.9. The van der Waals surface area contributed by atoms with Gasteiger partial charge >= 0.3 is 6.18 Å². The van der Waals surface area contributed by atoms with Crippen molar-refractivity contribution in [3.63, 3.8) is 0 Å². The normalized spacial score (nSPS) is 15.3. The van der Waals surface area contributed by atoms with Crippen LogP contribution in [0.25, 0.3) is 0 Å². The minimum Gasteiger partial charge on any atom is -0.217 e. The van der Waals surface area contributed by atoms with E-state index in [-0.39, 0.29) is 16.0 Å². The number of hydrogen-bond acceptors (Lipinski definition) is 1. The number of nitrogens with zero attached hydrogens (tertiary/aromatic N) is 1. The molecule has 0 bridgehead atoms. The minimum atomic E-state index is -4.72. The smallest absolute Gasteiger partial charge is 0.217 e. The molecule has 0 fully saturated rings. The van der Waals surface area contributed by atoms with Gasteiger partial charge in [0.2, 0.25) is 0 Å². The van der Waals surface area contributed by atoms with Crippen molar-refractivity contribution in [3.8, 4) is 0 Å². The summed E-state index contributed by atoms with van der Waals surface area (Å²) >= 11 is 5.20. The van der Waals surface area contributed by atoms with Crippen LogP contribution in [0, 0.1) is 5.82 Å². The second-order valence-electron chi connectivity index (χ2n) is 5.20. The maximum Gasteiger partial charge on any atom is 0.419 e. The van der Waals surface area contributed by atoms with Crippen LogP contribution in [0.3, 0.4) is 0 Å². The van der Waals surface area contributed by atoms with Gasteiger partial charge in [-0.2, -0.15) is 13.2 Å². The van der Waals surface area contributed by atoms with E-state index in [1.807, 2.05) is 20.8 Å². The zero-order chi connectivity index (χ0) is 15.7. The standard InChI is InChI=1S/C13H15F4NS2/c1-8(18-20(19)12(2,3)4)9-6-5-7-10(11(9)14)13(15,16)17/h5-7H,1-4H3/b18-8-/t20-/m0/s1. The summed E-state index contributed by atoms with van der Waals surface area (Å²) in [5.41, 5.74) is -1.27. The van der Waals surface area contributed by atoms with Crippen molar-refractivity contribution in [2.45, 2.75) is 38.6 Å². The van der Waals surface area contributed by atoms with Gasteiger partial charge in [0.25, 0.3) is 0 Å². The van der Waals surface area contributed by atoms with Crippen LogP contribution in [0.1, 0.15) is 38.8 Å². The predicted molar refractivity (Wildman–Crippen MR) is 78.1 cm³/mol. The summed E-state index contributed by atoms with van der Waals surface area (Å²) in [6.45, 7) is 7.10. The molecule has 0 radical (unpaired) electrons. The molecule has 0 spiro atoms. The number of halogens is 4. The molecule has 0 amide bonds. The second kappa shape index (κ2) is 5.89. The number of hydrogen-bond donors (Lipinski definition) is 0. The van der Waals surface area contributed by atoms with Crippen molar-refractivity contribution < 1.29 is 17.6 Å². The lowest BCUT2D eigenvalue weighted by atomic mass is 10.1. The Morgan fingerprint density at radius 3 is 2.20 bits per heavy atom. The average molecular weight is 325 g/mol. The lowest BCUT2D eigenvalue weighted by Gasteiger charge is -2.18. The topological polar surface area (TPSA) is 12.4 Å². The molecule has 0 aromatic heterocycles. The molecule has 1 aromatic rings. The Bertz CT molecular complexity index is 556. The summed E-state index contributed by atoms with van der Waals surface area (Å²) in [6, 6.07) is 3.15. The molecule has 0 N–H and O–H groups in total. The molecular weight excluding hydrogens is 310 g/mol. The first kappa shape index (κ1) is 17.2. The van der Waals surface area contributed by atoms with E-state index in [2.05, 4.69) is 4.40 Å². The summed E-state index contributed by atoms with van der Waals surface area (Å²) in [4.78, 5) is 0. The van der Waals surface area contributed by atoms with Crippen molar-refractivity contribution in [3.05, 3.63) is 35.1 Å². The van der Waals surface area contributed by atoms with Gasteiger partial charge in [0.05, 0.1) is 11.3 Å². The van der Waals surface area contributed by atoms with E-state index in [4.69, 9.17) is 11.2 Å². The summed E-state index contributed by atoms with van der Waals surface area (Å²) in [6.07, 6.45) is -4.72. The van der Waals surface area contributed by atoms with E-state index in [0.717, 1.165) is 0 Å². The van der Waals surface area contributed by atoms with Crippen LogP contribution >= 0.6 is 0 Å². The molecule has 0 saturated carbocycles. The van der Waals surface area contributed by atoms with Gasteiger partial charge in [-0.15, -0.1) is 0 Å². The summed E-state index contributed by atoms with van der Waals surface area (Å²) in [7, 11) is -0.831. The van der Waals surface area contributed by atoms with Crippen molar-refractivity contribution >= 4 is 26.5 Å². The Labute approximate surface area is 122 Å². The zero-order valence-electron chi connectivity index (χ0n) is 11.5. The fourth-order valence-electron chi connectivity index (χ4n) is 1.34. The molecule has 1 aromatic carbocycles. The Morgan fingerprint density at radius 2 is 1.75 bits per heavy atom. The summed E-state index contributed by atoms with van der Waals surface area (Å²) in [5.74, 6) is -1.30. The molecule has 0 aliphatic heterocycles. The Balaban J connectivity index is 3.29. The zero-order valence-corrected chi connectivity index (χ0v) is 13.1. The quantitative estimate of drug-likeness (QED) is 0.578. The molecule has 112 valence electrons. The minimum absolute atomic E-state index is 0.161. The van der Waals surface area contributed by atoms with Gasteiger partial charge in [-0.05, 0) is 54.6 Å². The van der Waals surface area contributed by atoms with E-state index in [1.54, 1.807) is 0 Å². The fourth-order valence-corrected chi connectivity index (χ4v) is 2.30. The van der Waals surface area contributed by atoms with E-state index in [9.17, 15) is 17.6 Å². The van der Waals surface area contributed by atoms with Gasteiger partial charge in [-0.3, -0.25) is 0 Å². The van der Waals surface area contributed by atoms with Gasteiger partial charge in [0.15, 0.2) is 0 Å². The van der Waals surface area contributed by atoms with Crippen LogP contribution in [0.15, 0.2) is 22.6 Å². The van der Waals surface area contributed by atoms with Gasteiger partial charge in [0, 0.05) is 10.3 Å². The molecule has 0 aliphatic rings. The Hall–Kier alpha value is -0.820. The lowest BCUT2D eigenvalue weighted by Crippen LogP contribution is -2.20. The first-order valence-electron chi connectivity index (χ1n) is 5.78. The van der Waals surface area contributed by atoms with E-state index < -0.39 is 27.2 Å². The van der Waals surface area contributed by atoms with Crippen LogP contribution in [-0.4, -0.2) is 10.5 Å². The Morgan fingerprint density at radius 1 is 1.20 bits per heavy atom. The molecule has 1 rings (SSSR count). The Kier molecular flexibility index (Phi) is 5.08. The average Bonchev–Trinajstić information content (AvgIpc) is 2.26. The summed E-state index contributed by atoms with van der Waals surface area (Å²) < 4.78 is 55.7. The fraction of sp³-hybridized carbons (Fsp3) is 0.462. The molecular formula is C13H15F4NS2. The van der Waals surface area contributed by atoms with Crippen molar-refractivity contribution in [1.82, 2.24) is 0 Å². The highest BCUT2D eigenvalue weighted by molar-refractivity contribution is 8.28. The largest absolute Gasteiger partial charge is 0.419 e. The van der Waals surface area contributed by atoms with Gasteiger partial charge in [-0.1, -0.05) is 12.1 Å². The molecule has 0 heterocycles. The monoisotopic (exact) mass is 325 g/mol. The molecule has 20 heavy (non-hydrogen) atoms. The maximum absolute atomic E-state index is 13.9. The molecule has 0 saturated heterocycles. The van der Waals surface area contributed by atoms with Crippen LogP contribution in [0.4, 0.5) is 17.6 Å². The van der Waals surface area contributed by atoms with Crippen molar-refractivity contribution in [2.75, 3.05) is 0 Å². The number of rotatable bonds is 2. The second-order valence-corrected chi connectivity index (χ2v) is 8.06. The van der Waals surface area contributed by atoms with E-state index in [1.165, 1.54) is 19.1 Å². The molecule has 0 unspecified atom stereocenters. The third-order valence-corrected chi connectivity index (χ3v) is 5.65. The van der Waals surface area contributed by atoms with Crippen molar-refractivity contribution in [2.24, 2.45) is 4.40 Å². The van der Waals surface area contributed by atoms with Crippen LogP contribution in [0.5, 0.6) is 0 Å². The highest BCUT2D eigenvalue weighted by Crippen LogP contribution is 2.32. The molecule has 1 atom stereocenters. The van der Waals surface area contributed by atoms with Crippen LogP contribution in [-0.2, 0) is 27.0 Å². The predicted octanol–water partition coefficient (Wildman–Crippen LogP) is 4.45. The van der Waals surface area contributed by atoms with Gasteiger partial charge < -0.3 is 0 Å². The summed E-state index contributed by atoms with van der Waals surface area (Å²) in [5, 5.41) is 0. The SMILES string of the molecule is C/C(=N/[S@@](=S)C(C)(C)C)c1cccc(C(F)(F)F)c1F. The highest BCUT2D eigenvalue weighted by atomic mass is 32.8. The van der Waals surface area contributed by atoms with E-state index in [0.29, 0.717) is 6.07 Å². The molecule has 0 aliphatic carbocycles. The number of alkyl halides is 3. The van der Waals surface area contributed by atoms with Gasteiger partial charge in [-0.25, -0.2) is 8.79 Å². The van der Waals surface area contributed by atoms with Crippen LogP contribution in [0.2, 0.25) is 0 Å².